The van der Waals surface area contributed by atoms with Crippen LogP contribution < -0.4 is 10.7 Å². The number of carbonyl (C=O) groups is 1. The minimum Gasteiger partial charge on any atom is -0.325 e. The van der Waals surface area contributed by atoms with Crippen LogP contribution >= 0.6 is 15.9 Å². The Labute approximate surface area is 171 Å². The Morgan fingerprint density at radius 3 is 2.29 bits per heavy atom. The summed E-state index contributed by atoms with van der Waals surface area (Å²) in [7, 11) is 0. The van der Waals surface area contributed by atoms with E-state index in [-0.39, 0.29) is 18.1 Å². The molecule has 0 aromatic heterocycles. The van der Waals surface area contributed by atoms with Gasteiger partial charge < -0.3 is 5.32 Å². The Kier molecular flexibility index (Phi) is 6.92. The van der Waals surface area contributed by atoms with Crippen LogP contribution in [0.1, 0.15) is 18.4 Å². The molecule has 0 bridgehead atoms. The molecule has 0 saturated heterocycles. The maximum Gasteiger partial charge on any atom is 0.224 e. The molecule has 0 radical (unpaired) electrons. The molecule has 0 heterocycles. The monoisotopic (exact) mass is 439 g/mol. The first-order chi connectivity index (χ1) is 13.6. The van der Waals surface area contributed by atoms with E-state index in [1.165, 1.54) is 12.1 Å². The Morgan fingerprint density at radius 1 is 0.893 bits per heavy atom. The van der Waals surface area contributed by atoms with Crippen LogP contribution in [0.4, 0.5) is 15.8 Å². The summed E-state index contributed by atoms with van der Waals surface area (Å²) in [5.74, 6) is -0.438. The fraction of sp³-hybridized carbons (Fsp3) is 0.0909. The Hall–Kier alpha value is -2.99. The summed E-state index contributed by atoms with van der Waals surface area (Å²) in [6.07, 6.45) is 0.649. The molecule has 6 heteroatoms. The molecule has 0 spiro atoms. The highest BCUT2D eigenvalue weighted by Crippen LogP contribution is 2.21. The topological polar surface area (TPSA) is 53.5 Å². The number of rotatable bonds is 7. The van der Waals surface area contributed by atoms with Crippen molar-refractivity contribution in [2.45, 2.75) is 12.8 Å². The van der Waals surface area contributed by atoms with Crippen molar-refractivity contribution in [2.24, 2.45) is 5.10 Å². The van der Waals surface area contributed by atoms with Crippen molar-refractivity contribution < 1.29 is 9.18 Å². The average Bonchev–Trinajstić information content (AvgIpc) is 2.71. The third-order valence-corrected chi connectivity index (χ3v) is 4.70. The SMILES string of the molecule is O=C(CC/C(=N/Nc1ccccc1)c1ccc(F)cc1)Nc1ccccc1Br. The van der Waals surface area contributed by atoms with Gasteiger partial charge in [-0.05, 0) is 57.9 Å². The van der Waals surface area contributed by atoms with Gasteiger partial charge in [-0.3, -0.25) is 10.2 Å². The van der Waals surface area contributed by atoms with Gasteiger partial charge in [0.05, 0.1) is 17.1 Å². The number of nitrogens with zero attached hydrogens (tertiary/aromatic N) is 1. The lowest BCUT2D eigenvalue weighted by atomic mass is 10.1. The van der Waals surface area contributed by atoms with Gasteiger partial charge in [0.2, 0.25) is 5.91 Å². The molecule has 3 aromatic carbocycles. The van der Waals surface area contributed by atoms with E-state index in [1.807, 2.05) is 54.6 Å². The number of carbonyl (C=O) groups excluding carboxylic acids is 1. The second-order valence-electron chi connectivity index (χ2n) is 6.07. The number of halogens is 2. The smallest absolute Gasteiger partial charge is 0.224 e. The second kappa shape index (κ2) is 9.80. The van der Waals surface area contributed by atoms with E-state index in [9.17, 15) is 9.18 Å². The number of anilines is 2. The normalized spacial score (nSPS) is 11.1. The van der Waals surface area contributed by atoms with Gasteiger partial charge in [-0.25, -0.2) is 4.39 Å². The first kappa shape index (κ1) is 19.8. The van der Waals surface area contributed by atoms with Crippen molar-refractivity contribution in [3.05, 3.63) is 94.7 Å². The minimum absolute atomic E-state index is 0.124. The lowest BCUT2D eigenvalue weighted by Gasteiger charge is -2.10. The number of nitrogens with one attached hydrogen (secondary N) is 2. The van der Waals surface area contributed by atoms with E-state index in [0.29, 0.717) is 12.1 Å². The summed E-state index contributed by atoms with van der Waals surface area (Å²) in [6, 6.07) is 23.0. The number of benzene rings is 3. The van der Waals surface area contributed by atoms with Crippen molar-refractivity contribution >= 4 is 38.9 Å². The highest BCUT2D eigenvalue weighted by atomic mass is 79.9. The van der Waals surface area contributed by atoms with Crippen LogP contribution in [0.3, 0.4) is 0 Å². The molecule has 4 nitrogen and oxygen atoms in total. The van der Waals surface area contributed by atoms with Crippen molar-refractivity contribution in [3.63, 3.8) is 0 Å². The predicted octanol–water partition coefficient (Wildman–Crippen LogP) is 5.82. The summed E-state index contributed by atoms with van der Waals surface area (Å²) in [5.41, 5.74) is 5.98. The standard InChI is InChI=1S/C22H19BrFN3O/c23-19-8-4-5-9-21(19)25-22(28)15-14-20(16-10-12-17(24)13-11-16)27-26-18-6-2-1-3-7-18/h1-13,26H,14-15H2,(H,25,28)/b27-20-. The number of hydrogen-bond acceptors (Lipinski definition) is 3. The first-order valence-electron chi connectivity index (χ1n) is 8.80. The summed E-state index contributed by atoms with van der Waals surface area (Å²) >= 11 is 3.42. The Morgan fingerprint density at radius 2 is 1.57 bits per heavy atom. The first-order valence-corrected chi connectivity index (χ1v) is 9.59. The van der Waals surface area contributed by atoms with Gasteiger partial charge in [0, 0.05) is 17.3 Å². The van der Waals surface area contributed by atoms with Crippen LogP contribution in [-0.4, -0.2) is 11.6 Å². The molecular formula is C22H19BrFN3O. The molecule has 2 N–H and O–H groups in total. The number of hydrazone groups is 1. The third kappa shape index (κ3) is 5.76. The summed E-state index contributed by atoms with van der Waals surface area (Å²) in [5, 5.41) is 7.32. The van der Waals surface area contributed by atoms with Crippen LogP contribution in [0.5, 0.6) is 0 Å². The molecule has 0 saturated carbocycles. The van der Waals surface area contributed by atoms with Gasteiger partial charge in [0.25, 0.3) is 0 Å². The maximum atomic E-state index is 13.3. The maximum absolute atomic E-state index is 13.3. The fourth-order valence-electron chi connectivity index (χ4n) is 2.56. The highest BCUT2D eigenvalue weighted by Gasteiger charge is 2.10. The zero-order valence-corrected chi connectivity index (χ0v) is 16.6. The Bertz CT molecular complexity index is 959. The van der Waals surface area contributed by atoms with Crippen LogP contribution in [0, 0.1) is 5.82 Å². The molecule has 0 fully saturated rings. The second-order valence-corrected chi connectivity index (χ2v) is 6.93. The van der Waals surface area contributed by atoms with Crippen LogP contribution in [0.25, 0.3) is 0 Å². The summed E-state index contributed by atoms with van der Waals surface area (Å²) in [4.78, 5) is 12.4. The van der Waals surface area contributed by atoms with Crippen LogP contribution in [0.15, 0.2) is 88.4 Å². The lowest BCUT2D eigenvalue weighted by Crippen LogP contribution is -2.15. The average molecular weight is 440 g/mol. The van der Waals surface area contributed by atoms with Gasteiger partial charge in [0.15, 0.2) is 0 Å². The summed E-state index contributed by atoms with van der Waals surface area (Å²) < 4.78 is 14.1. The van der Waals surface area contributed by atoms with Crippen molar-refractivity contribution in [3.8, 4) is 0 Å². The van der Waals surface area contributed by atoms with Crippen molar-refractivity contribution in [2.75, 3.05) is 10.7 Å². The Balaban J connectivity index is 1.70. The van der Waals surface area contributed by atoms with Gasteiger partial charge in [-0.15, -0.1) is 0 Å². The van der Waals surface area contributed by atoms with Crippen molar-refractivity contribution in [1.29, 1.82) is 0 Å². The third-order valence-electron chi connectivity index (χ3n) is 4.01. The largest absolute Gasteiger partial charge is 0.325 e. The molecule has 0 aliphatic rings. The van der Waals surface area contributed by atoms with Gasteiger partial charge in [-0.1, -0.05) is 42.5 Å². The van der Waals surface area contributed by atoms with Crippen LogP contribution in [0.2, 0.25) is 0 Å². The van der Waals surface area contributed by atoms with Crippen LogP contribution in [-0.2, 0) is 4.79 Å². The van der Waals surface area contributed by atoms with Gasteiger partial charge in [0.1, 0.15) is 5.82 Å². The zero-order valence-electron chi connectivity index (χ0n) is 15.0. The van der Waals surface area contributed by atoms with Gasteiger partial charge >= 0.3 is 0 Å². The van der Waals surface area contributed by atoms with E-state index in [4.69, 9.17) is 0 Å². The summed E-state index contributed by atoms with van der Waals surface area (Å²) in [6.45, 7) is 0. The molecule has 28 heavy (non-hydrogen) atoms. The molecular weight excluding hydrogens is 421 g/mol. The van der Waals surface area contributed by atoms with E-state index < -0.39 is 0 Å². The molecule has 0 aliphatic heterocycles. The van der Waals surface area contributed by atoms with E-state index in [2.05, 4.69) is 31.8 Å². The molecule has 0 aliphatic carbocycles. The quantitative estimate of drug-likeness (QED) is 0.359. The van der Waals surface area contributed by atoms with E-state index in [1.54, 1.807) is 12.1 Å². The fourth-order valence-corrected chi connectivity index (χ4v) is 2.94. The molecule has 142 valence electrons. The lowest BCUT2D eigenvalue weighted by molar-refractivity contribution is -0.116. The molecule has 3 rings (SSSR count). The number of para-hydroxylation sites is 2. The highest BCUT2D eigenvalue weighted by molar-refractivity contribution is 9.10. The number of hydrogen-bond donors (Lipinski definition) is 2. The van der Waals surface area contributed by atoms with Crippen molar-refractivity contribution in [1.82, 2.24) is 0 Å². The molecule has 1 amide bonds. The molecule has 3 aromatic rings. The minimum atomic E-state index is -0.314. The number of amides is 1. The van der Waals surface area contributed by atoms with E-state index in [0.717, 1.165) is 21.4 Å². The van der Waals surface area contributed by atoms with E-state index >= 15 is 0 Å². The predicted molar refractivity (Wildman–Crippen MR) is 115 cm³/mol. The zero-order chi connectivity index (χ0) is 19.8. The molecule has 0 atom stereocenters. The van der Waals surface area contributed by atoms with Gasteiger partial charge in [-0.2, -0.15) is 5.10 Å². The molecule has 0 unspecified atom stereocenters.